The summed E-state index contributed by atoms with van der Waals surface area (Å²) in [6, 6.07) is 5.24. The van der Waals surface area contributed by atoms with E-state index in [4.69, 9.17) is 4.74 Å². The molecule has 0 unspecified atom stereocenters. The first-order valence-corrected chi connectivity index (χ1v) is 9.06. The number of hydrogen-bond donors (Lipinski definition) is 1. The van der Waals surface area contributed by atoms with Gasteiger partial charge in [0.1, 0.15) is 5.82 Å². The van der Waals surface area contributed by atoms with Gasteiger partial charge < -0.3 is 10.1 Å². The van der Waals surface area contributed by atoms with E-state index in [0.29, 0.717) is 13.1 Å². The Kier molecular flexibility index (Phi) is 5.72. The van der Waals surface area contributed by atoms with Gasteiger partial charge in [-0.1, -0.05) is 6.07 Å². The molecule has 23 heavy (non-hydrogen) atoms. The van der Waals surface area contributed by atoms with Crippen LogP contribution < -0.4 is 5.32 Å². The number of sulfonamides is 1. The molecule has 2 atom stereocenters. The second-order valence-electron chi connectivity index (χ2n) is 5.66. The van der Waals surface area contributed by atoms with Crippen molar-refractivity contribution in [3.05, 3.63) is 35.6 Å². The van der Waals surface area contributed by atoms with E-state index in [-0.39, 0.29) is 30.1 Å². The molecule has 1 aliphatic heterocycles. The van der Waals surface area contributed by atoms with Gasteiger partial charge in [-0.25, -0.2) is 12.8 Å². The number of ether oxygens (including phenoxy) is 1. The molecule has 0 aromatic heterocycles. The Morgan fingerprint density at radius 3 is 2.61 bits per heavy atom. The van der Waals surface area contributed by atoms with Crippen molar-refractivity contribution in [2.45, 2.75) is 26.1 Å². The molecule has 0 spiro atoms. The molecule has 1 aliphatic rings. The van der Waals surface area contributed by atoms with Gasteiger partial charge in [0.15, 0.2) is 0 Å². The topological polar surface area (TPSA) is 75.7 Å². The number of morpholine rings is 1. The third-order valence-corrected chi connectivity index (χ3v) is 5.32. The molecule has 6 nitrogen and oxygen atoms in total. The van der Waals surface area contributed by atoms with Crippen molar-refractivity contribution in [3.8, 4) is 0 Å². The fraction of sp³-hybridized carbons (Fsp3) is 0.533. The molecule has 1 N–H and O–H groups in total. The van der Waals surface area contributed by atoms with Crippen molar-refractivity contribution in [1.29, 1.82) is 0 Å². The number of hydrogen-bond acceptors (Lipinski definition) is 4. The number of carbonyl (C=O) groups excluding carboxylic acids is 1. The van der Waals surface area contributed by atoms with Crippen molar-refractivity contribution < 1.29 is 22.3 Å². The first-order valence-electron chi connectivity index (χ1n) is 7.45. The van der Waals surface area contributed by atoms with Gasteiger partial charge in [0.25, 0.3) is 5.91 Å². The van der Waals surface area contributed by atoms with Gasteiger partial charge in [-0.3, -0.25) is 4.79 Å². The van der Waals surface area contributed by atoms with Gasteiger partial charge in [0.2, 0.25) is 10.0 Å². The summed E-state index contributed by atoms with van der Waals surface area (Å²) < 4.78 is 44.6. The molecule has 128 valence electrons. The molecule has 0 saturated carbocycles. The summed E-state index contributed by atoms with van der Waals surface area (Å²) in [4.78, 5) is 11.9. The Bertz CT molecular complexity index is 655. The number of carbonyl (C=O) groups is 1. The predicted octanol–water partition coefficient (Wildman–Crippen LogP) is 0.994. The highest BCUT2D eigenvalue weighted by molar-refractivity contribution is 7.89. The van der Waals surface area contributed by atoms with Crippen LogP contribution in [0.25, 0.3) is 0 Å². The fourth-order valence-electron chi connectivity index (χ4n) is 2.51. The number of nitrogens with zero attached hydrogens (tertiary/aromatic N) is 1. The Hall–Kier alpha value is -1.51. The zero-order chi connectivity index (χ0) is 17.0. The predicted molar refractivity (Wildman–Crippen MR) is 84.1 cm³/mol. The molecular formula is C15H21FN2O4S. The molecule has 1 aromatic rings. The molecule has 8 heteroatoms. The van der Waals surface area contributed by atoms with Gasteiger partial charge in [0.05, 0.1) is 18.0 Å². The maximum absolute atomic E-state index is 13.1. The monoisotopic (exact) mass is 344 g/mol. The average Bonchev–Trinajstić information content (AvgIpc) is 2.46. The van der Waals surface area contributed by atoms with Crippen molar-refractivity contribution in [2.75, 3.05) is 25.4 Å². The van der Waals surface area contributed by atoms with E-state index in [2.05, 4.69) is 5.32 Å². The standard InChI is InChI=1S/C15H21FN2O4S/c1-11-9-18(10-12(2)22-11)23(20,21)7-6-17-15(19)13-4-3-5-14(16)8-13/h3-5,8,11-12H,6-7,9-10H2,1-2H3,(H,17,19)/t11-,12-/m1/s1. The molecule has 1 heterocycles. The van der Waals surface area contributed by atoms with Crippen LogP contribution in [0, 0.1) is 5.82 Å². The first kappa shape index (κ1) is 17.8. The Labute approximate surface area is 135 Å². The summed E-state index contributed by atoms with van der Waals surface area (Å²) in [5.74, 6) is -1.21. The maximum atomic E-state index is 13.1. The number of amides is 1. The lowest BCUT2D eigenvalue weighted by atomic mass is 10.2. The van der Waals surface area contributed by atoms with E-state index < -0.39 is 21.7 Å². The van der Waals surface area contributed by atoms with E-state index in [1.54, 1.807) is 0 Å². The van der Waals surface area contributed by atoms with Crippen LogP contribution in [0.2, 0.25) is 0 Å². The molecule has 0 bridgehead atoms. The Morgan fingerprint density at radius 2 is 2.00 bits per heavy atom. The summed E-state index contributed by atoms with van der Waals surface area (Å²) in [5.41, 5.74) is 0.163. The van der Waals surface area contributed by atoms with Crippen LogP contribution in [0.15, 0.2) is 24.3 Å². The van der Waals surface area contributed by atoms with Crippen LogP contribution in [-0.4, -0.2) is 56.2 Å². The first-order chi connectivity index (χ1) is 10.8. The SMILES string of the molecule is C[C@@H]1CN(S(=O)(=O)CCNC(=O)c2cccc(F)c2)C[C@@H](C)O1. The maximum Gasteiger partial charge on any atom is 0.251 e. The van der Waals surface area contributed by atoms with E-state index in [1.165, 1.54) is 22.5 Å². The van der Waals surface area contributed by atoms with Gasteiger partial charge in [-0.05, 0) is 32.0 Å². The summed E-state index contributed by atoms with van der Waals surface area (Å²) >= 11 is 0. The summed E-state index contributed by atoms with van der Waals surface area (Å²) in [5, 5.41) is 2.50. The quantitative estimate of drug-likeness (QED) is 0.864. The number of benzene rings is 1. The lowest BCUT2D eigenvalue weighted by molar-refractivity contribution is -0.0440. The van der Waals surface area contributed by atoms with Gasteiger partial charge >= 0.3 is 0 Å². The largest absolute Gasteiger partial charge is 0.373 e. The van der Waals surface area contributed by atoms with E-state index in [9.17, 15) is 17.6 Å². The molecule has 0 radical (unpaired) electrons. The molecule has 2 rings (SSSR count). The Morgan fingerprint density at radius 1 is 1.35 bits per heavy atom. The highest BCUT2D eigenvalue weighted by Gasteiger charge is 2.30. The average molecular weight is 344 g/mol. The normalized spacial score (nSPS) is 22.7. The van der Waals surface area contributed by atoms with E-state index in [0.717, 1.165) is 6.07 Å². The highest BCUT2D eigenvalue weighted by atomic mass is 32.2. The minimum atomic E-state index is -3.47. The minimum absolute atomic E-state index is 0.0300. The molecule has 1 fully saturated rings. The lowest BCUT2D eigenvalue weighted by Gasteiger charge is -2.34. The van der Waals surface area contributed by atoms with Crippen LogP contribution in [0.5, 0.6) is 0 Å². The fourth-order valence-corrected chi connectivity index (χ4v) is 4.00. The molecule has 1 saturated heterocycles. The van der Waals surface area contributed by atoms with Crippen molar-refractivity contribution in [3.63, 3.8) is 0 Å². The van der Waals surface area contributed by atoms with Crippen LogP contribution >= 0.6 is 0 Å². The second kappa shape index (κ2) is 7.37. The zero-order valence-electron chi connectivity index (χ0n) is 13.2. The molecule has 0 aliphatic carbocycles. The minimum Gasteiger partial charge on any atom is -0.373 e. The van der Waals surface area contributed by atoms with Crippen molar-refractivity contribution in [2.24, 2.45) is 0 Å². The number of rotatable bonds is 5. The molecule has 1 aromatic carbocycles. The van der Waals surface area contributed by atoms with Gasteiger partial charge in [-0.2, -0.15) is 4.31 Å². The molecule has 1 amide bonds. The Balaban J connectivity index is 1.88. The van der Waals surface area contributed by atoms with Crippen LogP contribution in [-0.2, 0) is 14.8 Å². The number of nitrogens with one attached hydrogen (secondary N) is 1. The third-order valence-electron chi connectivity index (χ3n) is 3.51. The van der Waals surface area contributed by atoms with Crippen molar-refractivity contribution >= 4 is 15.9 Å². The summed E-state index contributed by atoms with van der Waals surface area (Å²) in [6.45, 7) is 4.24. The van der Waals surface area contributed by atoms with Crippen LogP contribution in [0.1, 0.15) is 24.2 Å². The lowest BCUT2D eigenvalue weighted by Crippen LogP contribution is -2.49. The van der Waals surface area contributed by atoms with Crippen LogP contribution in [0.3, 0.4) is 0 Å². The zero-order valence-corrected chi connectivity index (χ0v) is 14.0. The number of halogens is 1. The summed E-state index contributed by atoms with van der Waals surface area (Å²) in [7, 11) is -3.47. The third kappa shape index (κ3) is 4.98. The van der Waals surface area contributed by atoms with E-state index in [1.807, 2.05) is 13.8 Å². The van der Waals surface area contributed by atoms with Crippen LogP contribution in [0.4, 0.5) is 4.39 Å². The van der Waals surface area contributed by atoms with E-state index >= 15 is 0 Å². The van der Waals surface area contributed by atoms with Crippen molar-refractivity contribution in [1.82, 2.24) is 9.62 Å². The summed E-state index contributed by atoms with van der Waals surface area (Å²) in [6.07, 6.45) is -0.314. The van der Waals surface area contributed by atoms with Gasteiger partial charge in [0, 0.05) is 25.2 Å². The smallest absolute Gasteiger partial charge is 0.251 e. The molecular weight excluding hydrogens is 323 g/mol. The highest BCUT2D eigenvalue weighted by Crippen LogP contribution is 2.14. The van der Waals surface area contributed by atoms with Gasteiger partial charge in [-0.15, -0.1) is 0 Å². The second-order valence-corrected chi connectivity index (χ2v) is 7.75.